The summed E-state index contributed by atoms with van der Waals surface area (Å²) in [6, 6.07) is 15.1. The molecule has 1 aliphatic heterocycles. The highest BCUT2D eigenvalue weighted by atomic mass is 19.1. The number of halogens is 2. The summed E-state index contributed by atoms with van der Waals surface area (Å²) in [6.07, 6.45) is 3.75. The van der Waals surface area contributed by atoms with Crippen molar-refractivity contribution in [3.05, 3.63) is 83.3 Å². The first-order valence-corrected chi connectivity index (χ1v) is 11.3. The Bertz CT molecular complexity index is 1040. The van der Waals surface area contributed by atoms with Crippen LogP contribution in [-0.4, -0.2) is 40.0 Å². The molecule has 1 saturated heterocycles. The van der Waals surface area contributed by atoms with Gasteiger partial charge in [-0.1, -0.05) is 18.2 Å². The van der Waals surface area contributed by atoms with Gasteiger partial charge in [-0.05, 0) is 62.1 Å². The Morgan fingerprint density at radius 1 is 1.00 bits per heavy atom. The van der Waals surface area contributed by atoms with Crippen molar-refractivity contribution in [2.24, 2.45) is 0 Å². The lowest BCUT2D eigenvalue weighted by atomic mass is 10.0. The first-order valence-electron chi connectivity index (χ1n) is 11.3. The monoisotopic (exact) mass is 436 g/mol. The number of hydrogen-bond acceptors (Lipinski definition) is 4. The molecule has 0 saturated carbocycles. The third-order valence-electron chi connectivity index (χ3n) is 6.00. The Hall–Kier alpha value is -2.70. The van der Waals surface area contributed by atoms with Crippen LogP contribution in [0.3, 0.4) is 0 Å². The average molecular weight is 437 g/mol. The van der Waals surface area contributed by atoms with E-state index < -0.39 is 11.6 Å². The van der Waals surface area contributed by atoms with Crippen molar-refractivity contribution in [2.75, 3.05) is 13.1 Å². The van der Waals surface area contributed by atoms with E-state index >= 15 is 0 Å². The van der Waals surface area contributed by atoms with E-state index in [1.54, 1.807) is 6.20 Å². The third-order valence-corrected chi connectivity index (χ3v) is 6.00. The summed E-state index contributed by atoms with van der Waals surface area (Å²) in [4.78, 5) is 11.6. The zero-order chi connectivity index (χ0) is 22.5. The van der Waals surface area contributed by atoms with Crippen molar-refractivity contribution < 1.29 is 8.78 Å². The Morgan fingerprint density at radius 3 is 2.62 bits per heavy atom. The first kappa shape index (κ1) is 22.5. The van der Waals surface area contributed by atoms with Gasteiger partial charge in [0.25, 0.3) is 0 Å². The van der Waals surface area contributed by atoms with Gasteiger partial charge < -0.3 is 5.32 Å². The maximum Gasteiger partial charge on any atom is 0.128 e. The Balaban J connectivity index is 1.41. The minimum absolute atomic E-state index is 0.502. The van der Waals surface area contributed by atoms with Gasteiger partial charge in [0.05, 0.1) is 5.69 Å². The van der Waals surface area contributed by atoms with Gasteiger partial charge in [-0.2, -0.15) is 0 Å². The van der Waals surface area contributed by atoms with E-state index in [9.17, 15) is 8.78 Å². The minimum atomic E-state index is -0.539. The number of aryl methyl sites for hydroxylation is 2. The van der Waals surface area contributed by atoms with E-state index in [-0.39, 0.29) is 0 Å². The first-order chi connectivity index (χ1) is 15.5. The van der Waals surface area contributed by atoms with Crippen LogP contribution >= 0.6 is 0 Å². The summed E-state index contributed by atoms with van der Waals surface area (Å²) < 4.78 is 26.7. The second-order valence-corrected chi connectivity index (χ2v) is 8.78. The molecule has 0 aliphatic carbocycles. The predicted molar refractivity (Wildman–Crippen MR) is 123 cm³/mol. The van der Waals surface area contributed by atoms with E-state index in [2.05, 4.69) is 53.3 Å². The van der Waals surface area contributed by atoms with E-state index in [4.69, 9.17) is 4.98 Å². The molecule has 32 heavy (non-hydrogen) atoms. The molecule has 1 fully saturated rings. The summed E-state index contributed by atoms with van der Waals surface area (Å²) in [5.41, 5.74) is 3.91. The largest absolute Gasteiger partial charge is 0.311 e. The van der Waals surface area contributed by atoms with E-state index in [1.165, 1.54) is 17.7 Å². The van der Waals surface area contributed by atoms with Gasteiger partial charge >= 0.3 is 0 Å². The molecular weight excluding hydrogens is 406 g/mol. The number of benzene rings is 2. The molecule has 0 spiro atoms. The highest BCUT2D eigenvalue weighted by molar-refractivity contribution is 5.59. The number of hydrogen-bond donors (Lipinski definition) is 1. The maximum atomic E-state index is 13.4. The van der Waals surface area contributed by atoms with Crippen molar-refractivity contribution in [2.45, 2.75) is 51.7 Å². The SMILES string of the molecule is C[C@@H]1CN[C@@H](C)CN1Cc1cccc(-c2ccnc(CCCc3cc(F)cc(F)c3)n2)c1. The molecule has 2 heterocycles. The van der Waals surface area contributed by atoms with Crippen LogP contribution in [0.5, 0.6) is 0 Å². The van der Waals surface area contributed by atoms with Crippen LogP contribution in [0.15, 0.2) is 54.7 Å². The van der Waals surface area contributed by atoms with Crippen LogP contribution in [0, 0.1) is 11.6 Å². The number of nitrogens with one attached hydrogen (secondary N) is 1. The van der Waals surface area contributed by atoms with Gasteiger partial charge in [-0.25, -0.2) is 18.7 Å². The van der Waals surface area contributed by atoms with Crippen molar-refractivity contribution in [1.82, 2.24) is 20.2 Å². The highest BCUT2D eigenvalue weighted by Gasteiger charge is 2.22. The van der Waals surface area contributed by atoms with Gasteiger partial charge in [0, 0.05) is 56.0 Å². The Kier molecular flexibility index (Phi) is 7.22. The molecule has 0 bridgehead atoms. The smallest absolute Gasteiger partial charge is 0.128 e. The van der Waals surface area contributed by atoms with E-state index in [0.717, 1.165) is 49.2 Å². The maximum absolute atomic E-state index is 13.4. The van der Waals surface area contributed by atoms with E-state index in [0.29, 0.717) is 30.5 Å². The summed E-state index contributed by atoms with van der Waals surface area (Å²) in [5, 5.41) is 3.53. The standard InChI is InChI=1S/C26H30F2N4/c1-18-16-32(19(2)15-30-18)17-21-6-3-7-22(11-21)25-9-10-29-26(31-25)8-4-5-20-12-23(27)14-24(28)13-20/h3,6-7,9-14,18-19,30H,4-5,8,15-17H2,1-2H3/t18-,19+/m0/s1. The molecule has 0 unspecified atom stereocenters. The van der Waals surface area contributed by atoms with Gasteiger partial charge in [0.2, 0.25) is 0 Å². The fraction of sp³-hybridized carbons (Fsp3) is 0.385. The second-order valence-electron chi connectivity index (χ2n) is 8.78. The lowest BCUT2D eigenvalue weighted by molar-refractivity contribution is 0.139. The van der Waals surface area contributed by atoms with Gasteiger partial charge in [-0.3, -0.25) is 4.90 Å². The summed E-state index contributed by atoms with van der Waals surface area (Å²) >= 11 is 0. The highest BCUT2D eigenvalue weighted by Crippen LogP contribution is 2.21. The molecular formula is C26H30F2N4. The van der Waals surface area contributed by atoms with Gasteiger partial charge in [-0.15, -0.1) is 0 Å². The summed E-state index contributed by atoms with van der Waals surface area (Å²) in [5.74, 6) is -0.333. The van der Waals surface area contributed by atoms with Gasteiger partial charge in [0.1, 0.15) is 17.5 Å². The number of nitrogens with zero attached hydrogens (tertiary/aromatic N) is 3. The Labute approximate surface area is 188 Å². The molecule has 3 aromatic rings. The van der Waals surface area contributed by atoms with Crippen LogP contribution < -0.4 is 5.32 Å². The molecule has 2 atom stereocenters. The van der Waals surface area contributed by atoms with Crippen molar-refractivity contribution in [3.63, 3.8) is 0 Å². The zero-order valence-corrected chi connectivity index (χ0v) is 18.7. The summed E-state index contributed by atoms with van der Waals surface area (Å²) in [6.45, 7) is 7.46. The second kappa shape index (κ2) is 10.3. The molecule has 0 amide bonds. The average Bonchev–Trinajstić information content (AvgIpc) is 2.76. The van der Waals surface area contributed by atoms with Crippen LogP contribution in [-0.2, 0) is 19.4 Å². The van der Waals surface area contributed by atoms with E-state index in [1.807, 2.05) is 6.07 Å². The minimum Gasteiger partial charge on any atom is -0.311 e. The molecule has 2 aromatic carbocycles. The van der Waals surface area contributed by atoms with Crippen LogP contribution in [0.1, 0.15) is 37.2 Å². The number of aromatic nitrogens is 2. The molecule has 1 aromatic heterocycles. The molecule has 4 rings (SSSR count). The van der Waals surface area contributed by atoms with Crippen LogP contribution in [0.25, 0.3) is 11.3 Å². The van der Waals surface area contributed by atoms with Crippen molar-refractivity contribution in [3.8, 4) is 11.3 Å². The normalized spacial score (nSPS) is 19.2. The van der Waals surface area contributed by atoms with Crippen molar-refractivity contribution >= 4 is 0 Å². The molecule has 1 N–H and O–H groups in total. The Morgan fingerprint density at radius 2 is 1.81 bits per heavy atom. The third kappa shape index (κ3) is 5.96. The molecule has 168 valence electrons. The lowest BCUT2D eigenvalue weighted by Crippen LogP contribution is -2.53. The predicted octanol–water partition coefficient (Wildman–Crippen LogP) is 4.78. The van der Waals surface area contributed by atoms with Crippen LogP contribution in [0.2, 0.25) is 0 Å². The topological polar surface area (TPSA) is 41.0 Å². The number of rotatable bonds is 7. The zero-order valence-electron chi connectivity index (χ0n) is 18.7. The summed E-state index contributed by atoms with van der Waals surface area (Å²) in [7, 11) is 0. The molecule has 4 nitrogen and oxygen atoms in total. The molecule has 0 radical (unpaired) electrons. The molecule has 6 heteroatoms. The fourth-order valence-corrected chi connectivity index (χ4v) is 4.27. The quantitative estimate of drug-likeness (QED) is 0.579. The lowest BCUT2D eigenvalue weighted by Gasteiger charge is -2.37. The van der Waals surface area contributed by atoms with Crippen LogP contribution in [0.4, 0.5) is 8.78 Å². The van der Waals surface area contributed by atoms with Crippen molar-refractivity contribution in [1.29, 1.82) is 0 Å². The number of piperazine rings is 1. The van der Waals surface area contributed by atoms with Gasteiger partial charge in [0.15, 0.2) is 0 Å². The fourth-order valence-electron chi connectivity index (χ4n) is 4.27. The molecule has 1 aliphatic rings.